The van der Waals surface area contributed by atoms with Gasteiger partial charge in [0.2, 0.25) is 11.0 Å². The van der Waals surface area contributed by atoms with Crippen LogP contribution in [0.25, 0.3) is 10.6 Å². The maximum absolute atomic E-state index is 12.2. The molecular weight excluding hydrogens is 366 g/mol. The third-order valence-electron chi connectivity index (χ3n) is 4.24. The zero-order valence-electron chi connectivity index (χ0n) is 15.6. The normalized spacial score (nSPS) is 16.0. The van der Waals surface area contributed by atoms with Crippen LogP contribution in [0.15, 0.2) is 24.3 Å². The highest BCUT2D eigenvalue weighted by atomic mass is 32.1. The van der Waals surface area contributed by atoms with Gasteiger partial charge in [0.05, 0.1) is 0 Å². The first-order valence-corrected chi connectivity index (χ1v) is 9.37. The van der Waals surface area contributed by atoms with Crippen molar-refractivity contribution < 1.29 is 14.4 Å². The molecule has 142 valence electrons. The van der Waals surface area contributed by atoms with Crippen LogP contribution in [0.1, 0.15) is 39.2 Å². The third kappa shape index (κ3) is 3.97. The predicted molar refractivity (Wildman–Crippen MR) is 102 cm³/mol. The van der Waals surface area contributed by atoms with Crippen molar-refractivity contribution in [2.75, 3.05) is 11.9 Å². The van der Waals surface area contributed by atoms with E-state index in [9.17, 15) is 14.4 Å². The molecule has 0 unspecified atom stereocenters. The summed E-state index contributed by atoms with van der Waals surface area (Å²) in [5.41, 5.74) is 1.14. The lowest BCUT2D eigenvalue weighted by Crippen LogP contribution is -2.41. The summed E-state index contributed by atoms with van der Waals surface area (Å²) in [6, 6.07) is 7.44. The predicted octanol–water partition coefficient (Wildman–Crippen LogP) is 2.60. The van der Waals surface area contributed by atoms with Gasteiger partial charge in [0.1, 0.15) is 17.1 Å². The Hall–Kier alpha value is -2.81. The summed E-state index contributed by atoms with van der Waals surface area (Å²) < 4.78 is 0. The smallest absolute Gasteiger partial charge is 0.324 e. The van der Waals surface area contributed by atoms with Crippen molar-refractivity contribution in [1.29, 1.82) is 0 Å². The minimum Gasteiger partial charge on any atom is -0.324 e. The molecule has 1 aliphatic rings. The third-order valence-corrected chi connectivity index (χ3v) is 5.13. The minimum atomic E-state index is -1.00. The Balaban J connectivity index is 1.64. The van der Waals surface area contributed by atoms with Crippen molar-refractivity contribution in [1.82, 2.24) is 20.4 Å². The summed E-state index contributed by atoms with van der Waals surface area (Å²) in [7, 11) is 0. The molecule has 4 amide bonds. The van der Waals surface area contributed by atoms with Crippen LogP contribution in [0, 0.1) is 0 Å². The van der Waals surface area contributed by atoms with E-state index in [0.717, 1.165) is 10.5 Å². The lowest BCUT2D eigenvalue weighted by molar-refractivity contribution is -0.132. The van der Waals surface area contributed by atoms with Crippen LogP contribution < -0.4 is 10.6 Å². The minimum absolute atomic E-state index is 0.314. The Morgan fingerprint density at radius 2 is 1.89 bits per heavy atom. The number of nitrogens with one attached hydrogen (secondary N) is 2. The number of carbonyl (C=O) groups is 3. The Morgan fingerprint density at radius 3 is 2.44 bits per heavy atom. The highest BCUT2D eigenvalue weighted by molar-refractivity contribution is 7.18. The van der Waals surface area contributed by atoms with Crippen LogP contribution in [0.3, 0.4) is 0 Å². The van der Waals surface area contributed by atoms with E-state index in [-0.39, 0.29) is 6.54 Å². The molecular formula is C18H21N5O3S. The van der Waals surface area contributed by atoms with Crippen molar-refractivity contribution in [3.05, 3.63) is 29.8 Å². The molecule has 3 rings (SSSR count). The van der Waals surface area contributed by atoms with Crippen molar-refractivity contribution >= 4 is 34.3 Å². The molecule has 1 saturated heterocycles. The second kappa shape index (κ2) is 7.07. The molecule has 2 N–H and O–H groups in total. The van der Waals surface area contributed by atoms with Crippen LogP contribution >= 0.6 is 11.3 Å². The van der Waals surface area contributed by atoms with Gasteiger partial charge in [-0.25, -0.2) is 4.79 Å². The second-order valence-corrected chi connectivity index (χ2v) is 8.16. The van der Waals surface area contributed by atoms with Gasteiger partial charge in [-0.05, 0) is 25.3 Å². The number of hydrogen-bond donors (Lipinski definition) is 2. The molecule has 1 aromatic heterocycles. The number of benzene rings is 1. The van der Waals surface area contributed by atoms with Crippen molar-refractivity contribution in [3.8, 4) is 10.6 Å². The average Bonchev–Trinajstić information content (AvgIpc) is 3.13. The SMILES string of the molecule is CC(C)c1ccc(-c2nnc(NC(=O)CN3C(=O)NC(C)(C)C3=O)s2)cc1. The molecule has 9 heteroatoms. The monoisotopic (exact) mass is 387 g/mol. The van der Waals surface area contributed by atoms with E-state index < -0.39 is 23.4 Å². The van der Waals surface area contributed by atoms with Crippen LogP contribution in [0.4, 0.5) is 9.93 Å². The largest absolute Gasteiger partial charge is 0.325 e. The van der Waals surface area contributed by atoms with Crippen molar-refractivity contribution in [2.45, 2.75) is 39.2 Å². The molecule has 2 aromatic rings. The fourth-order valence-corrected chi connectivity index (χ4v) is 3.43. The van der Waals surface area contributed by atoms with E-state index in [1.54, 1.807) is 13.8 Å². The number of carbonyl (C=O) groups excluding carboxylic acids is 3. The highest BCUT2D eigenvalue weighted by Gasteiger charge is 2.44. The van der Waals surface area contributed by atoms with Gasteiger partial charge in [0.15, 0.2) is 0 Å². The number of amides is 4. The molecule has 2 heterocycles. The van der Waals surface area contributed by atoms with Gasteiger partial charge < -0.3 is 5.32 Å². The lowest BCUT2D eigenvalue weighted by Gasteiger charge is -2.15. The maximum Gasteiger partial charge on any atom is 0.325 e. The van der Waals surface area contributed by atoms with Crippen LogP contribution in [0.2, 0.25) is 0 Å². The first-order chi connectivity index (χ1) is 12.7. The average molecular weight is 387 g/mol. The van der Waals surface area contributed by atoms with Crippen molar-refractivity contribution in [3.63, 3.8) is 0 Å². The summed E-state index contributed by atoms with van der Waals surface area (Å²) >= 11 is 1.23. The fraction of sp³-hybridized carbons (Fsp3) is 0.389. The van der Waals surface area contributed by atoms with E-state index in [4.69, 9.17) is 0 Å². The van der Waals surface area contributed by atoms with Crippen LogP contribution in [0.5, 0.6) is 0 Å². The number of aromatic nitrogens is 2. The number of nitrogens with zero attached hydrogens (tertiary/aromatic N) is 3. The zero-order chi connectivity index (χ0) is 19.8. The van der Waals surface area contributed by atoms with Gasteiger partial charge in [-0.1, -0.05) is 49.4 Å². The molecule has 0 bridgehead atoms. The van der Waals surface area contributed by atoms with Gasteiger partial charge in [0, 0.05) is 5.56 Å². The van der Waals surface area contributed by atoms with Gasteiger partial charge in [-0.15, -0.1) is 10.2 Å². The van der Waals surface area contributed by atoms with Gasteiger partial charge in [-0.3, -0.25) is 19.8 Å². The Bertz CT molecular complexity index is 889. The van der Waals surface area contributed by atoms with Crippen molar-refractivity contribution in [2.24, 2.45) is 0 Å². The van der Waals surface area contributed by atoms with E-state index in [0.29, 0.717) is 16.1 Å². The van der Waals surface area contributed by atoms with Gasteiger partial charge >= 0.3 is 6.03 Å². The summed E-state index contributed by atoms with van der Waals surface area (Å²) in [6.45, 7) is 7.06. The highest BCUT2D eigenvalue weighted by Crippen LogP contribution is 2.27. The first kappa shape index (κ1) is 19.0. The Morgan fingerprint density at radius 1 is 1.22 bits per heavy atom. The summed E-state index contributed by atoms with van der Waals surface area (Å²) in [6.07, 6.45) is 0. The number of imide groups is 1. The molecule has 0 saturated carbocycles. The van der Waals surface area contributed by atoms with E-state index in [1.807, 2.05) is 24.3 Å². The second-order valence-electron chi connectivity index (χ2n) is 7.18. The standard InChI is InChI=1S/C18H21N5O3S/c1-10(2)11-5-7-12(8-6-11)14-21-22-16(27-14)19-13(24)9-23-15(25)18(3,4)20-17(23)26/h5-8,10H,9H2,1-4H3,(H,20,26)(H,19,22,24). The van der Waals surface area contributed by atoms with Gasteiger partial charge in [-0.2, -0.15) is 0 Å². The number of hydrogen-bond acceptors (Lipinski definition) is 6. The molecule has 27 heavy (non-hydrogen) atoms. The van der Waals surface area contributed by atoms with Crippen LogP contribution in [-0.2, 0) is 9.59 Å². The lowest BCUT2D eigenvalue weighted by atomic mass is 10.0. The molecule has 0 spiro atoms. The molecule has 1 fully saturated rings. The van der Waals surface area contributed by atoms with Crippen LogP contribution in [-0.4, -0.2) is 45.0 Å². The topological polar surface area (TPSA) is 104 Å². The molecule has 0 aliphatic carbocycles. The summed E-state index contributed by atoms with van der Waals surface area (Å²) in [5.74, 6) is -0.501. The van der Waals surface area contributed by atoms with E-state index in [2.05, 4.69) is 34.7 Å². The number of rotatable bonds is 5. The summed E-state index contributed by atoms with van der Waals surface area (Å²) in [5, 5.41) is 14.2. The number of anilines is 1. The Labute approximate surface area is 161 Å². The van der Waals surface area contributed by atoms with E-state index in [1.165, 1.54) is 16.9 Å². The maximum atomic E-state index is 12.2. The molecule has 0 atom stereocenters. The molecule has 8 nitrogen and oxygen atoms in total. The number of urea groups is 1. The molecule has 1 aromatic carbocycles. The quantitative estimate of drug-likeness (QED) is 0.768. The van der Waals surface area contributed by atoms with E-state index >= 15 is 0 Å². The molecule has 1 aliphatic heterocycles. The van der Waals surface area contributed by atoms with Gasteiger partial charge in [0.25, 0.3) is 5.91 Å². The molecule has 0 radical (unpaired) electrons. The zero-order valence-corrected chi connectivity index (χ0v) is 16.4. The summed E-state index contributed by atoms with van der Waals surface area (Å²) in [4.78, 5) is 37.0. The first-order valence-electron chi connectivity index (χ1n) is 8.55. The fourth-order valence-electron chi connectivity index (χ4n) is 2.66. The Kier molecular flexibility index (Phi) is 4.97.